The van der Waals surface area contributed by atoms with Crippen molar-refractivity contribution < 1.29 is 32.0 Å². The van der Waals surface area contributed by atoms with Crippen molar-refractivity contribution >= 4 is 52.2 Å². The van der Waals surface area contributed by atoms with Crippen molar-refractivity contribution in [1.29, 1.82) is 0 Å². The van der Waals surface area contributed by atoms with E-state index in [2.05, 4.69) is 5.32 Å². The summed E-state index contributed by atoms with van der Waals surface area (Å²) in [6.45, 7) is 1.54. The number of nitrogens with one attached hydrogen (secondary N) is 1. The lowest BCUT2D eigenvalue weighted by atomic mass is 9.86. The Bertz CT molecular complexity index is 1730. The molecule has 3 atom stereocenters. The van der Waals surface area contributed by atoms with Gasteiger partial charge in [-0.05, 0) is 43.3 Å². The summed E-state index contributed by atoms with van der Waals surface area (Å²) in [5.74, 6) is -3.89. The van der Waals surface area contributed by atoms with Gasteiger partial charge >= 0.3 is 11.0 Å². The molecule has 0 radical (unpaired) electrons. The van der Waals surface area contributed by atoms with Crippen LogP contribution in [-0.4, -0.2) is 27.5 Å². The Morgan fingerprint density at radius 3 is 2.41 bits per heavy atom. The Balaban J connectivity index is 1.40. The maximum Gasteiger partial charge on any atom is 0.418 e. The van der Waals surface area contributed by atoms with E-state index in [1.807, 2.05) is 19.1 Å². The van der Waals surface area contributed by atoms with E-state index in [9.17, 15) is 32.3 Å². The second-order valence-electron chi connectivity index (χ2n) is 9.62. The maximum absolute atomic E-state index is 13.8. The van der Waals surface area contributed by atoms with Crippen LogP contribution in [0.15, 0.2) is 81.2 Å². The van der Waals surface area contributed by atoms with Crippen molar-refractivity contribution in [2.75, 3.05) is 10.2 Å². The molecule has 0 saturated carbocycles. The number of hydrogen-bond acceptors (Lipinski definition) is 7. The molecule has 1 saturated heterocycles. The highest BCUT2D eigenvalue weighted by molar-refractivity contribution is 8.00. The highest BCUT2D eigenvalue weighted by atomic mass is 32.2. The van der Waals surface area contributed by atoms with Crippen molar-refractivity contribution in [3.8, 4) is 0 Å². The number of hydrogen-bond donors (Lipinski definition) is 1. The van der Waals surface area contributed by atoms with Gasteiger partial charge < -0.3 is 9.73 Å². The third-order valence-electron chi connectivity index (χ3n) is 6.99. The number of rotatable bonds is 5. The van der Waals surface area contributed by atoms with Gasteiger partial charge in [-0.2, -0.15) is 13.2 Å². The van der Waals surface area contributed by atoms with Crippen LogP contribution in [0, 0.1) is 12.8 Å². The number of aromatic nitrogens is 1. The number of carbonyl (C=O) groups excluding carboxylic acids is 3. The van der Waals surface area contributed by atoms with E-state index in [1.54, 1.807) is 24.3 Å². The zero-order valence-electron chi connectivity index (χ0n) is 21.2. The monoisotopic (exact) mass is 599 g/mol. The first-order valence-corrected chi connectivity index (χ1v) is 14.1. The normalized spacial score (nSPS) is 20.2. The molecule has 4 heterocycles. The molecule has 2 aromatic carbocycles. The van der Waals surface area contributed by atoms with Crippen LogP contribution in [0.3, 0.4) is 0 Å². The molecule has 8 nitrogen and oxygen atoms in total. The SMILES string of the molecule is Cc1ccc(NC(=O)Cn2c3c(sc2=O)[C@H](c2ccco2)C2C(=O)N(c4ccccc4C(F)(F)F)C(=O)C2S3)cc1. The summed E-state index contributed by atoms with van der Waals surface area (Å²) in [5.41, 5.74) is -0.126. The number of thiazole rings is 1. The number of fused-ring (bicyclic) bond motifs is 2. The van der Waals surface area contributed by atoms with Crippen molar-refractivity contribution in [2.24, 2.45) is 5.92 Å². The summed E-state index contributed by atoms with van der Waals surface area (Å²) < 4.78 is 48.4. The molecule has 4 aromatic rings. The molecule has 2 unspecified atom stereocenters. The zero-order valence-corrected chi connectivity index (χ0v) is 22.8. The number of thioether (sulfide) groups is 1. The standard InChI is InChI=1S/C28H20F3N3O5S2/c1-14-8-10-15(11-9-14)32-19(35)13-33-26-23(41-27(33)38)20(18-7-4-12-39-18)21-22(40-26)25(37)34(24(21)36)17-6-3-2-5-16(17)28(29,30)31/h2-12,20-22H,13H2,1H3,(H,32,35)/t20-,21?,22?/m1/s1. The Labute approximate surface area is 238 Å². The van der Waals surface area contributed by atoms with Gasteiger partial charge in [-0.15, -0.1) is 0 Å². The first-order chi connectivity index (χ1) is 19.5. The van der Waals surface area contributed by atoms with Gasteiger partial charge in [0.2, 0.25) is 17.7 Å². The molecule has 6 rings (SSSR count). The highest BCUT2D eigenvalue weighted by Gasteiger charge is 2.58. The van der Waals surface area contributed by atoms with Gasteiger partial charge in [0, 0.05) is 5.69 Å². The maximum atomic E-state index is 13.8. The number of carbonyl (C=O) groups is 3. The van der Waals surface area contributed by atoms with Gasteiger partial charge in [0.15, 0.2) is 0 Å². The van der Waals surface area contributed by atoms with Crippen molar-refractivity contribution in [1.82, 2.24) is 4.57 Å². The first-order valence-electron chi connectivity index (χ1n) is 12.4. The van der Waals surface area contributed by atoms with Gasteiger partial charge in [0.25, 0.3) is 0 Å². The van der Waals surface area contributed by atoms with Gasteiger partial charge in [-0.1, -0.05) is 52.9 Å². The number of benzene rings is 2. The Kier molecular flexibility index (Phi) is 6.65. The quantitative estimate of drug-likeness (QED) is 0.314. The number of imide groups is 1. The summed E-state index contributed by atoms with van der Waals surface area (Å²) >= 11 is 1.72. The average molecular weight is 600 g/mol. The minimum absolute atomic E-state index is 0.283. The predicted molar refractivity (Wildman–Crippen MR) is 146 cm³/mol. The molecular formula is C28H20F3N3O5S2. The van der Waals surface area contributed by atoms with Crippen molar-refractivity contribution in [3.63, 3.8) is 0 Å². The van der Waals surface area contributed by atoms with Crippen LogP contribution in [0.25, 0.3) is 0 Å². The Morgan fingerprint density at radius 2 is 1.73 bits per heavy atom. The number of para-hydroxylation sites is 1. The average Bonchev–Trinajstić information content (AvgIpc) is 3.62. The molecule has 2 aliphatic heterocycles. The zero-order chi connectivity index (χ0) is 29.1. The number of aryl methyl sites for hydroxylation is 1. The van der Waals surface area contributed by atoms with Crippen LogP contribution in [-0.2, 0) is 27.1 Å². The summed E-state index contributed by atoms with van der Waals surface area (Å²) in [5, 5.41) is 1.89. The molecule has 0 spiro atoms. The lowest BCUT2D eigenvalue weighted by Gasteiger charge is -2.29. The van der Waals surface area contributed by atoms with Crippen LogP contribution in [0.4, 0.5) is 24.5 Å². The van der Waals surface area contributed by atoms with E-state index in [0.29, 0.717) is 20.5 Å². The summed E-state index contributed by atoms with van der Waals surface area (Å²) in [6, 6.07) is 14.7. The number of anilines is 2. The van der Waals surface area contributed by atoms with Crippen molar-refractivity contribution in [3.05, 3.63) is 98.4 Å². The number of halogens is 3. The van der Waals surface area contributed by atoms with Crippen molar-refractivity contribution in [2.45, 2.75) is 35.8 Å². The minimum Gasteiger partial charge on any atom is -0.469 e. The van der Waals surface area contributed by atoms with Gasteiger partial charge in [0.1, 0.15) is 17.6 Å². The second-order valence-corrected chi connectivity index (χ2v) is 11.7. The number of furan rings is 1. The third-order valence-corrected chi connectivity index (χ3v) is 9.59. The molecule has 210 valence electrons. The molecule has 0 aliphatic carbocycles. The van der Waals surface area contributed by atoms with Gasteiger partial charge in [-0.25, -0.2) is 4.90 Å². The summed E-state index contributed by atoms with van der Waals surface area (Å²) in [6.07, 6.45) is -3.43. The lowest BCUT2D eigenvalue weighted by Crippen LogP contribution is -2.33. The fraction of sp³-hybridized carbons (Fsp3) is 0.214. The van der Waals surface area contributed by atoms with Crippen LogP contribution in [0.2, 0.25) is 0 Å². The van der Waals surface area contributed by atoms with Crippen LogP contribution in [0.1, 0.15) is 27.7 Å². The smallest absolute Gasteiger partial charge is 0.418 e. The fourth-order valence-corrected chi connectivity index (χ4v) is 7.91. The predicted octanol–water partition coefficient (Wildman–Crippen LogP) is 5.26. The molecule has 13 heteroatoms. The number of amides is 3. The lowest BCUT2D eigenvalue weighted by molar-refractivity contribution is -0.137. The van der Waals surface area contributed by atoms with E-state index in [-0.39, 0.29) is 12.3 Å². The Morgan fingerprint density at radius 1 is 1.00 bits per heavy atom. The van der Waals surface area contributed by atoms with Gasteiger partial charge in [-0.3, -0.25) is 23.7 Å². The molecule has 1 fully saturated rings. The first kappa shape index (κ1) is 27.1. The van der Waals surface area contributed by atoms with Crippen LogP contribution < -0.4 is 15.1 Å². The third kappa shape index (κ3) is 4.68. The summed E-state index contributed by atoms with van der Waals surface area (Å²) in [7, 11) is 0. The second kappa shape index (κ2) is 10.1. The van der Waals surface area contributed by atoms with E-state index >= 15 is 0 Å². The van der Waals surface area contributed by atoms with E-state index < -0.39 is 57.1 Å². The van der Waals surface area contributed by atoms with E-state index in [0.717, 1.165) is 40.8 Å². The number of alkyl halides is 3. The molecule has 2 aliphatic rings. The Hall–Kier alpha value is -4.10. The molecule has 2 aromatic heterocycles. The number of nitrogens with zero attached hydrogens (tertiary/aromatic N) is 2. The van der Waals surface area contributed by atoms with E-state index in [4.69, 9.17) is 4.42 Å². The van der Waals surface area contributed by atoms with Gasteiger partial charge in [0.05, 0.1) is 39.3 Å². The minimum atomic E-state index is -4.80. The topological polar surface area (TPSA) is 102 Å². The molecule has 0 bridgehead atoms. The fourth-order valence-electron chi connectivity index (χ4n) is 5.16. The van der Waals surface area contributed by atoms with Crippen LogP contribution >= 0.6 is 23.1 Å². The molecule has 41 heavy (non-hydrogen) atoms. The highest BCUT2D eigenvalue weighted by Crippen LogP contribution is 2.54. The van der Waals surface area contributed by atoms with Crippen LogP contribution in [0.5, 0.6) is 0 Å². The molecular weight excluding hydrogens is 579 g/mol. The largest absolute Gasteiger partial charge is 0.469 e. The molecule has 1 N–H and O–H groups in total. The summed E-state index contributed by atoms with van der Waals surface area (Å²) in [4.78, 5) is 54.0. The molecule has 3 amide bonds. The van der Waals surface area contributed by atoms with E-state index in [1.165, 1.54) is 23.0 Å².